The van der Waals surface area contributed by atoms with Crippen molar-refractivity contribution in [1.82, 2.24) is 10.2 Å². The molecule has 1 aromatic carbocycles. The number of hydrogen-bond donors (Lipinski definition) is 1. The Labute approximate surface area is 114 Å². The van der Waals surface area contributed by atoms with Crippen LogP contribution in [0.3, 0.4) is 0 Å². The fourth-order valence-electron chi connectivity index (χ4n) is 1.63. The number of rotatable bonds is 7. The van der Waals surface area contributed by atoms with Crippen LogP contribution in [0, 0.1) is 0 Å². The van der Waals surface area contributed by atoms with Gasteiger partial charge in [-0.05, 0) is 12.6 Å². The highest BCUT2D eigenvalue weighted by Crippen LogP contribution is 2.01. The molecule has 19 heavy (non-hydrogen) atoms. The van der Waals surface area contributed by atoms with Gasteiger partial charge in [-0.15, -0.1) is 0 Å². The minimum atomic E-state index is -3.03. The maximum atomic E-state index is 11.6. The number of sulfone groups is 1. The number of carbonyl (C=O) groups excluding carboxylic acids is 1. The van der Waals surface area contributed by atoms with Crippen molar-refractivity contribution in [2.24, 2.45) is 0 Å². The summed E-state index contributed by atoms with van der Waals surface area (Å²) in [5, 5.41) is 2.60. The van der Waals surface area contributed by atoms with Crippen LogP contribution in [0.1, 0.15) is 5.56 Å². The first-order valence-corrected chi connectivity index (χ1v) is 8.10. The van der Waals surface area contributed by atoms with Gasteiger partial charge in [0.05, 0.1) is 12.3 Å². The van der Waals surface area contributed by atoms with Crippen molar-refractivity contribution in [3.63, 3.8) is 0 Å². The summed E-state index contributed by atoms with van der Waals surface area (Å²) in [4.78, 5) is 13.5. The van der Waals surface area contributed by atoms with Crippen molar-refractivity contribution >= 4 is 15.7 Å². The number of carbonyl (C=O) groups is 1. The van der Waals surface area contributed by atoms with E-state index in [-0.39, 0.29) is 24.7 Å². The molecule has 0 saturated carbocycles. The molecule has 1 aromatic rings. The van der Waals surface area contributed by atoms with E-state index in [1.165, 1.54) is 0 Å². The fraction of sp³-hybridized carbons (Fsp3) is 0.462. The topological polar surface area (TPSA) is 66.5 Å². The first-order valence-electron chi connectivity index (χ1n) is 6.04. The Morgan fingerprint density at radius 3 is 2.47 bits per heavy atom. The number of hydrogen-bond acceptors (Lipinski definition) is 4. The van der Waals surface area contributed by atoms with Crippen molar-refractivity contribution in [1.29, 1.82) is 0 Å². The molecule has 0 atom stereocenters. The molecule has 0 heterocycles. The Balaban J connectivity index is 2.28. The SMILES string of the molecule is CN(CC(=O)NCCS(C)(=O)=O)Cc1ccccc1. The Kier molecular flexibility index (Phi) is 5.98. The lowest BCUT2D eigenvalue weighted by molar-refractivity contribution is -0.121. The van der Waals surface area contributed by atoms with Gasteiger partial charge < -0.3 is 5.32 Å². The maximum Gasteiger partial charge on any atom is 0.234 e. The van der Waals surface area contributed by atoms with E-state index in [9.17, 15) is 13.2 Å². The van der Waals surface area contributed by atoms with Crippen LogP contribution in [0.4, 0.5) is 0 Å². The molecule has 0 aliphatic carbocycles. The summed E-state index contributed by atoms with van der Waals surface area (Å²) < 4.78 is 21.8. The maximum absolute atomic E-state index is 11.6. The molecule has 0 aliphatic heterocycles. The Morgan fingerprint density at radius 2 is 1.89 bits per heavy atom. The summed E-state index contributed by atoms with van der Waals surface area (Å²) in [6, 6.07) is 9.85. The van der Waals surface area contributed by atoms with Gasteiger partial charge in [0.2, 0.25) is 5.91 Å². The highest BCUT2D eigenvalue weighted by atomic mass is 32.2. The lowest BCUT2D eigenvalue weighted by Gasteiger charge is -2.16. The third kappa shape index (κ3) is 7.58. The zero-order chi connectivity index (χ0) is 14.3. The highest BCUT2D eigenvalue weighted by Gasteiger charge is 2.08. The van der Waals surface area contributed by atoms with Crippen LogP contribution in [0.2, 0.25) is 0 Å². The van der Waals surface area contributed by atoms with Crippen LogP contribution in [0.5, 0.6) is 0 Å². The minimum absolute atomic E-state index is 0.0266. The third-order valence-corrected chi connectivity index (χ3v) is 3.45. The van der Waals surface area contributed by atoms with E-state index in [0.717, 1.165) is 11.8 Å². The molecule has 6 heteroatoms. The molecule has 0 bridgehead atoms. The predicted octanol–water partition coefficient (Wildman–Crippen LogP) is 0.279. The van der Waals surface area contributed by atoms with Crippen molar-refractivity contribution in [2.45, 2.75) is 6.54 Å². The van der Waals surface area contributed by atoms with Gasteiger partial charge in [0, 0.05) is 19.3 Å². The van der Waals surface area contributed by atoms with E-state index in [0.29, 0.717) is 6.54 Å². The standard InChI is InChI=1S/C13H20N2O3S/c1-15(10-12-6-4-3-5-7-12)11-13(16)14-8-9-19(2,17)18/h3-7H,8-11H2,1-2H3,(H,14,16). The van der Waals surface area contributed by atoms with Crippen LogP contribution in [-0.4, -0.2) is 51.4 Å². The molecule has 5 nitrogen and oxygen atoms in total. The summed E-state index contributed by atoms with van der Waals surface area (Å²) in [7, 11) is -1.17. The molecule has 0 aliphatic rings. The van der Waals surface area contributed by atoms with Crippen molar-refractivity contribution in [3.05, 3.63) is 35.9 Å². The molecule has 106 valence electrons. The van der Waals surface area contributed by atoms with Gasteiger partial charge in [-0.1, -0.05) is 30.3 Å². The van der Waals surface area contributed by atoms with Crippen LogP contribution in [0.15, 0.2) is 30.3 Å². The average molecular weight is 284 g/mol. The number of benzene rings is 1. The molecule has 0 saturated heterocycles. The molecule has 0 spiro atoms. The smallest absolute Gasteiger partial charge is 0.234 e. The average Bonchev–Trinajstić information content (AvgIpc) is 2.28. The van der Waals surface area contributed by atoms with E-state index in [1.807, 2.05) is 42.3 Å². The van der Waals surface area contributed by atoms with E-state index in [4.69, 9.17) is 0 Å². The number of amides is 1. The summed E-state index contributed by atoms with van der Waals surface area (Å²) in [6.45, 7) is 1.09. The summed E-state index contributed by atoms with van der Waals surface area (Å²) in [5.41, 5.74) is 1.13. The molecular weight excluding hydrogens is 264 g/mol. The minimum Gasteiger partial charge on any atom is -0.354 e. The second-order valence-electron chi connectivity index (χ2n) is 4.64. The first kappa shape index (κ1) is 15.7. The van der Waals surface area contributed by atoms with Crippen LogP contribution in [0.25, 0.3) is 0 Å². The first-order chi connectivity index (χ1) is 8.87. The van der Waals surface area contributed by atoms with Gasteiger partial charge in [0.25, 0.3) is 0 Å². The highest BCUT2D eigenvalue weighted by molar-refractivity contribution is 7.90. The molecule has 0 fully saturated rings. The lowest BCUT2D eigenvalue weighted by atomic mass is 10.2. The van der Waals surface area contributed by atoms with Crippen LogP contribution >= 0.6 is 0 Å². The van der Waals surface area contributed by atoms with Crippen molar-refractivity contribution in [3.8, 4) is 0 Å². The Bertz CT molecular complexity index is 500. The number of nitrogens with one attached hydrogen (secondary N) is 1. The molecule has 1 amide bonds. The number of likely N-dealkylation sites (N-methyl/N-ethyl adjacent to an activating group) is 1. The van der Waals surface area contributed by atoms with Crippen LogP contribution < -0.4 is 5.32 Å². The second kappa shape index (κ2) is 7.25. The zero-order valence-electron chi connectivity index (χ0n) is 11.3. The molecule has 0 unspecified atom stereocenters. The fourth-order valence-corrected chi connectivity index (χ4v) is 2.10. The van der Waals surface area contributed by atoms with Gasteiger partial charge in [-0.3, -0.25) is 9.69 Å². The van der Waals surface area contributed by atoms with Gasteiger partial charge in [0.15, 0.2) is 0 Å². The van der Waals surface area contributed by atoms with E-state index < -0.39 is 9.84 Å². The summed E-state index contributed by atoms with van der Waals surface area (Å²) in [5.74, 6) is -0.191. The Hall–Kier alpha value is -1.40. The van der Waals surface area contributed by atoms with E-state index in [1.54, 1.807) is 0 Å². The quantitative estimate of drug-likeness (QED) is 0.781. The molecule has 0 aromatic heterocycles. The molecule has 0 radical (unpaired) electrons. The van der Waals surface area contributed by atoms with Gasteiger partial charge in [0.1, 0.15) is 9.84 Å². The van der Waals surface area contributed by atoms with E-state index in [2.05, 4.69) is 5.32 Å². The predicted molar refractivity (Wildman–Crippen MR) is 75.5 cm³/mol. The van der Waals surface area contributed by atoms with Crippen molar-refractivity contribution in [2.75, 3.05) is 32.1 Å². The normalized spacial score (nSPS) is 11.5. The monoisotopic (exact) mass is 284 g/mol. The second-order valence-corrected chi connectivity index (χ2v) is 6.90. The summed E-state index contributed by atoms with van der Waals surface area (Å²) in [6.07, 6.45) is 1.15. The molecule has 1 N–H and O–H groups in total. The van der Waals surface area contributed by atoms with Gasteiger partial charge in [-0.25, -0.2) is 8.42 Å². The largest absolute Gasteiger partial charge is 0.354 e. The van der Waals surface area contributed by atoms with Crippen LogP contribution in [-0.2, 0) is 21.2 Å². The molecular formula is C13H20N2O3S. The van der Waals surface area contributed by atoms with E-state index >= 15 is 0 Å². The molecule has 1 rings (SSSR count). The van der Waals surface area contributed by atoms with Crippen molar-refractivity contribution < 1.29 is 13.2 Å². The lowest BCUT2D eigenvalue weighted by Crippen LogP contribution is -2.37. The third-order valence-electron chi connectivity index (χ3n) is 2.50. The number of nitrogens with zero attached hydrogens (tertiary/aromatic N) is 1. The van der Waals surface area contributed by atoms with Gasteiger partial charge in [-0.2, -0.15) is 0 Å². The Morgan fingerprint density at radius 1 is 1.26 bits per heavy atom. The zero-order valence-corrected chi connectivity index (χ0v) is 12.1. The summed E-state index contributed by atoms with van der Waals surface area (Å²) >= 11 is 0. The van der Waals surface area contributed by atoms with Gasteiger partial charge >= 0.3 is 0 Å².